The number of nitrogens with one attached hydrogen (secondary N) is 1. The molecule has 3 rings (SSSR count). The molecule has 0 radical (unpaired) electrons. The second-order valence-electron chi connectivity index (χ2n) is 6.22. The van der Waals surface area contributed by atoms with Crippen LogP contribution in [0.25, 0.3) is 0 Å². The van der Waals surface area contributed by atoms with Crippen LogP contribution in [0, 0.1) is 5.82 Å². The Kier molecular flexibility index (Phi) is 7.06. The van der Waals surface area contributed by atoms with Crippen molar-refractivity contribution in [2.75, 3.05) is 4.72 Å². The van der Waals surface area contributed by atoms with Crippen molar-refractivity contribution in [3.05, 3.63) is 88.4 Å². The highest BCUT2D eigenvalue weighted by molar-refractivity contribution is 9.10. The van der Waals surface area contributed by atoms with Gasteiger partial charge in [-0.2, -0.15) is 0 Å². The quantitative estimate of drug-likeness (QED) is 0.521. The second kappa shape index (κ2) is 9.71. The average molecular weight is 461 g/mol. The van der Waals surface area contributed by atoms with Gasteiger partial charge in [0.25, 0.3) is 0 Å². The Balaban J connectivity index is 1.54. The largest absolute Gasteiger partial charge is 0.301 e. The van der Waals surface area contributed by atoms with Crippen molar-refractivity contribution < 1.29 is 13.4 Å². The highest BCUT2D eigenvalue weighted by atomic mass is 79.9. The molecule has 3 aromatic rings. The van der Waals surface area contributed by atoms with E-state index in [0.717, 1.165) is 11.1 Å². The SMILES string of the molecule is O=C(CCc1cccnc1)Cc1ccc(NS(=O)c2ccc(F)cc2Br)cc1. The number of carbonyl (C=O) groups is 1. The van der Waals surface area contributed by atoms with Crippen LogP contribution in [0.15, 0.2) is 76.4 Å². The number of hydrogen-bond acceptors (Lipinski definition) is 3. The molecule has 0 amide bonds. The Hall–Kier alpha value is -2.38. The van der Waals surface area contributed by atoms with Gasteiger partial charge in [0.1, 0.15) is 11.6 Å². The molecule has 0 bridgehead atoms. The van der Waals surface area contributed by atoms with Gasteiger partial charge in [-0.1, -0.05) is 18.2 Å². The van der Waals surface area contributed by atoms with Crippen molar-refractivity contribution in [1.29, 1.82) is 0 Å². The standard InChI is InChI=1S/C21H18BrFN2O2S/c22-20-13-17(23)6-10-21(20)28(27)25-18-7-3-15(4-8-18)12-19(26)9-5-16-2-1-11-24-14-16/h1-4,6-8,10-11,13-14,25H,5,9,12H2. The Bertz CT molecular complexity index is 981. The molecule has 0 aliphatic rings. The number of halogens is 2. The molecule has 0 aliphatic heterocycles. The minimum atomic E-state index is -1.53. The van der Waals surface area contributed by atoms with E-state index in [-0.39, 0.29) is 5.78 Å². The maximum Gasteiger partial charge on any atom is 0.151 e. The summed E-state index contributed by atoms with van der Waals surface area (Å²) in [5, 5.41) is 0. The minimum absolute atomic E-state index is 0.156. The molecule has 28 heavy (non-hydrogen) atoms. The normalized spacial score (nSPS) is 11.8. The summed E-state index contributed by atoms with van der Waals surface area (Å²) in [5.74, 6) is -0.242. The molecule has 0 aliphatic carbocycles. The van der Waals surface area contributed by atoms with E-state index < -0.39 is 16.8 Å². The number of Topliss-reactive ketones (excluding diaryl/α,β-unsaturated/α-hetero) is 1. The number of ketones is 1. The smallest absolute Gasteiger partial charge is 0.151 e. The van der Waals surface area contributed by atoms with Gasteiger partial charge in [-0.25, -0.2) is 8.60 Å². The van der Waals surface area contributed by atoms with E-state index in [1.165, 1.54) is 18.2 Å². The van der Waals surface area contributed by atoms with Gasteiger partial charge < -0.3 is 4.72 Å². The van der Waals surface area contributed by atoms with Gasteiger partial charge in [-0.3, -0.25) is 9.78 Å². The number of carbonyl (C=O) groups excluding carboxylic acids is 1. The molecule has 0 fully saturated rings. The van der Waals surface area contributed by atoms with E-state index in [9.17, 15) is 13.4 Å². The second-order valence-corrected chi connectivity index (χ2v) is 8.25. The number of aryl methyl sites for hydroxylation is 1. The molecule has 4 nitrogen and oxygen atoms in total. The van der Waals surface area contributed by atoms with E-state index >= 15 is 0 Å². The molecule has 1 aromatic heterocycles. The monoisotopic (exact) mass is 460 g/mol. The molecular formula is C21H18BrFN2O2S. The highest BCUT2D eigenvalue weighted by Crippen LogP contribution is 2.23. The molecule has 0 saturated heterocycles. The third-order valence-corrected chi connectivity index (χ3v) is 6.17. The van der Waals surface area contributed by atoms with Crippen molar-refractivity contribution in [2.45, 2.75) is 24.2 Å². The lowest BCUT2D eigenvalue weighted by Crippen LogP contribution is -2.07. The summed E-state index contributed by atoms with van der Waals surface area (Å²) in [6, 6.07) is 15.0. The Morgan fingerprint density at radius 3 is 2.57 bits per heavy atom. The maximum atomic E-state index is 13.2. The summed E-state index contributed by atoms with van der Waals surface area (Å²) in [6.45, 7) is 0. The topological polar surface area (TPSA) is 59.1 Å². The zero-order valence-electron chi connectivity index (χ0n) is 14.9. The Morgan fingerprint density at radius 2 is 1.89 bits per heavy atom. The van der Waals surface area contributed by atoms with Crippen LogP contribution in [-0.2, 0) is 28.6 Å². The van der Waals surface area contributed by atoms with Crippen LogP contribution in [0.3, 0.4) is 0 Å². The van der Waals surface area contributed by atoms with E-state index in [2.05, 4.69) is 25.6 Å². The van der Waals surface area contributed by atoms with E-state index in [1.807, 2.05) is 24.3 Å². The fraction of sp³-hybridized carbons (Fsp3) is 0.143. The maximum absolute atomic E-state index is 13.2. The van der Waals surface area contributed by atoms with Crippen molar-refractivity contribution in [1.82, 2.24) is 4.98 Å². The number of nitrogens with zero attached hydrogens (tertiary/aromatic N) is 1. The lowest BCUT2D eigenvalue weighted by Gasteiger charge is -2.09. The molecule has 144 valence electrons. The van der Waals surface area contributed by atoms with Gasteiger partial charge in [-0.05, 0) is 69.9 Å². The Labute approximate surface area is 173 Å². The molecule has 1 heterocycles. The number of anilines is 1. The predicted octanol–water partition coefficient (Wildman–Crippen LogP) is 4.86. The van der Waals surface area contributed by atoms with Crippen LogP contribution in [-0.4, -0.2) is 15.0 Å². The molecule has 2 aromatic carbocycles. The predicted molar refractivity (Wildman–Crippen MR) is 112 cm³/mol. The van der Waals surface area contributed by atoms with Crippen molar-refractivity contribution in [3.63, 3.8) is 0 Å². The third-order valence-electron chi connectivity index (χ3n) is 4.07. The summed E-state index contributed by atoms with van der Waals surface area (Å²) in [5.41, 5.74) is 2.60. The van der Waals surface area contributed by atoms with Gasteiger partial charge in [-0.15, -0.1) is 0 Å². The van der Waals surface area contributed by atoms with Crippen LogP contribution in [0.5, 0.6) is 0 Å². The van der Waals surface area contributed by atoms with E-state index in [1.54, 1.807) is 24.5 Å². The summed E-state index contributed by atoms with van der Waals surface area (Å²) in [6.07, 6.45) is 4.98. The van der Waals surface area contributed by atoms with Gasteiger partial charge in [0.15, 0.2) is 11.0 Å². The first kappa shape index (κ1) is 20.4. The van der Waals surface area contributed by atoms with Crippen LogP contribution in [0.2, 0.25) is 0 Å². The van der Waals surface area contributed by atoms with Gasteiger partial charge >= 0.3 is 0 Å². The summed E-state index contributed by atoms with van der Waals surface area (Å²) in [7, 11) is -1.53. The Morgan fingerprint density at radius 1 is 1.11 bits per heavy atom. The fourth-order valence-corrected chi connectivity index (χ4v) is 4.30. The molecule has 0 saturated carbocycles. The van der Waals surface area contributed by atoms with Gasteiger partial charge in [0.2, 0.25) is 0 Å². The van der Waals surface area contributed by atoms with Crippen LogP contribution in [0.1, 0.15) is 17.5 Å². The van der Waals surface area contributed by atoms with Crippen LogP contribution in [0.4, 0.5) is 10.1 Å². The molecule has 0 spiro atoms. The van der Waals surface area contributed by atoms with E-state index in [0.29, 0.717) is 34.3 Å². The molecule has 7 heteroatoms. The average Bonchev–Trinajstić information content (AvgIpc) is 2.68. The molecular weight excluding hydrogens is 443 g/mol. The molecule has 1 atom stereocenters. The molecule has 1 unspecified atom stereocenters. The first-order chi connectivity index (χ1) is 13.5. The van der Waals surface area contributed by atoms with E-state index in [4.69, 9.17) is 0 Å². The van der Waals surface area contributed by atoms with Crippen LogP contribution < -0.4 is 4.72 Å². The first-order valence-electron chi connectivity index (χ1n) is 8.64. The third kappa shape index (κ3) is 5.81. The number of aromatic nitrogens is 1. The number of pyridine rings is 1. The van der Waals surface area contributed by atoms with Gasteiger partial charge in [0, 0.05) is 35.4 Å². The summed E-state index contributed by atoms with van der Waals surface area (Å²) >= 11 is 3.22. The van der Waals surface area contributed by atoms with Crippen LogP contribution >= 0.6 is 15.9 Å². The lowest BCUT2D eigenvalue weighted by atomic mass is 10.0. The summed E-state index contributed by atoms with van der Waals surface area (Å²) in [4.78, 5) is 16.7. The fourth-order valence-electron chi connectivity index (χ4n) is 2.62. The molecule has 1 N–H and O–H groups in total. The number of rotatable bonds is 8. The first-order valence-corrected chi connectivity index (χ1v) is 10.6. The minimum Gasteiger partial charge on any atom is -0.301 e. The van der Waals surface area contributed by atoms with Crippen molar-refractivity contribution >= 4 is 38.4 Å². The van der Waals surface area contributed by atoms with Crippen molar-refractivity contribution in [3.8, 4) is 0 Å². The summed E-state index contributed by atoms with van der Waals surface area (Å²) < 4.78 is 28.9. The highest BCUT2D eigenvalue weighted by Gasteiger charge is 2.10. The zero-order valence-corrected chi connectivity index (χ0v) is 17.3. The van der Waals surface area contributed by atoms with Gasteiger partial charge in [0.05, 0.1) is 4.90 Å². The zero-order chi connectivity index (χ0) is 19.9. The lowest BCUT2D eigenvalue weighted by molar-refractivity contribution is -0.118. The number of benzene rings is 2. The van der Waals surface area contributed by atoms with Crippen molar-refractivity contribution in [2.24, 2.45) is 0 Å². The number of hydrogen-bond donors (Lipinski definition) is 1.